The summed E-state index contributed by atoms with van der Waals surface area (Å²) in [6.07, 6.45) is 6.02. The van der Waals surface area contributed by atoms with Crippen molar-refractivity contribution < 1.29 is 4.79 Å². The lowest BCUT2D eigenvalue weighted by Gasteiger charge is -2.23. The zero-order valence-electron chi connectivity index (χ0n) is 12.8. The fourth-order valence-electron chi connectivity index (χ4n) is 3.76. The minimum Gasteiger partial charge on any atom is -0.334 e. The SMILES string of the molecule is Cc1cccc(-c2ccn(C(=O)NC3CC4CC3CN4)c2)c1. The van der Waals surface area contributed by atoms with Gasteiger partial charge in [-0.2, -0.15) is 0 Å². The third-order valence-electron chi connectivity index (χ3n) is 4.95. The molecule has 3 atom stereocenters. The van der Waals surface area contributed by atoms with Crippen LogP contribution in [-0.4, -0.2) is 29.2 Å². The summed E-state index contributed by atoms with van der Waals surface area (Å²) < 4.78 is 1.66. The number of carbonyl (C=O) groups excluding carboxylic acids is 1. The van der Waals surface area contributed by atoms with Crippen LogP contribution in [0.5, 0.6) is 0 Å². The number of fused-ring (bicyclic) bond motifs is 2. The molecule has 4 rings (SSSR count). The first kappa shape index (κ1) is 13.6. The van der Waals surface area contributed by atoms with Gasteiger partial charge in [0.05, 0.1) is 0 Å². The van der Waals surface area contributed by atoms with E-state index in [2.05, 4.69) is 35.8 Å². The number of hydrogen-bond donors (Lipinski definition) is 2. The first-order chi connectivity index (χ1) is 10.7. The summed E-state index contributed by atoms with van der Waals surface area (Å²) in [7, 11) is 0. The lowest BCUT2D eigenvalue weighted by atomic mass is 10.0. The van der Waals surface area contributed by atoms with Gasteiger partial charge in [0.15, 0.2) is 0 Å². The van der Waals surface area contributed by atoms with E-state index in [0.29, 0.717) is 18.0 Å². The van der Waals surface area contributed by atoms with E-state index >= 15 is 0 Å². The molecule has 1 aromatic carbocycles. The Morgan fingerprint density at radius 1 is 1.27 bits per heavy atom. The highest BCUT2D eigenvalue weighted by Gasteiger charge is 2.40. The summed E-state index contributed by atoms with van der Waals surface area (Å²) in [5.74, 6) is 0.598. The van der Waals surface area contributed by atoms with Crippen molar-refractivity contribution in [3.8, 4) is 11.1 Å². The van der Waals surface area contributed by atoms with Crippen molar-refractivity contribution in [3.05, 3.63) is 48.3 Å². The predicted molar refractivity (Wildman–Crippen MR) is 86.8 cm³/mol. The maximum Gasteiger partial charge on any atom is 0.325 e. The highest BCUT2D eigenvalue weighted by Crippen LogP contribution is 2.31. The second kappa shape index (κ2) is 5.29. The van der Waals surface area contributed by atoms with Gasteiger partial charge in [0.1, 0.15) is 0 Å². The normalized spacial score (nSPS) is 26.3. The highest BCUT2D eigenvalue weighted by atomic mass is 16.2. The van der Waals surface area contributed by atoms with Gasteiger partial charge < -0.3 is 10.6 Å². The molecule has 2 N–H and O–H groups in total. The van der Waals surface area contributed by atoms with Crippen LogP contribution in [0.4, 0.5) is 4.79 Å². The van der Waals surface area contributed by atoms with E-state index < -0.39 is 0 Å². The molecule has 1 aromatic heterocycles. The smallest absolute Gasteiger partial charge is 0.325 e. The van der Waals surface area contributed by atoms with E-state index in [1.807, 2.05) is 24.5 Å². The number of hydrogen-bond acceptors (Lipinski definition) is 2. The summed E-state index contributed by atoms with van der Waals surface area (Å²) in [5, 5.41) is 6.66. The average molecular weight is 295 g/mol. The van der Waals surface area contributed by atoms with Gasteiger partial charge in [-0.3, -0.25) is 4.57 Å². The van der Waals surface area contributed by atoms with Gasteiger partial charge in [0.2, 0.25) is 0 Å². The Morgan fingerprint density at radius 3 is 2.91 bits per heavy atom. The lowest BCUT2D eigenvalue weighted by Crippen LogP contribution is -2.45. The second-order valence-corrected chi connectivity index (χ2v) is 6.57. The van der Waals surface area contributed by atoms with Crippen molar-refractivity contribution in [1.82, 2.24) is 15.2 Å². The largest absolute Gasteiger partial charge is 0.334 e. The fourth-order valence-corrected chi connectivity index (χ4v) is 3.76. The molecule has 2 heterocycles. The zero-order valence-corrected chi connectivity index (χ0v) is 12.8. The Balaban J connectivity index is 1.48. The molecule has 1 aliphatic heterocycles. The topological polar surface area (TPSA) is 46.1 Å². The second-order valence-electron chi connectivity index (χ2n) is 6.57. The number of aryl methyl sites for hydroxylation is 1. The molecule has 114 valence electrons. The maximum atomic E-state index is 12.4. The summed E-state index contributed by atoms with van der Waals surface area (Å²) in [6.45, 7) is 3.12. The first-order valence-corrected chi connectivity index (χ1v) is 7.98. The molecule has 1 saturated carbocycles. The average Bonchev–Trinajstić information content (AvgIpc) is 3.23. The molecule has 2 aromatic rings. The number of amides is 1. The minimum atomic E-state index is -0.0172. The molecule has 0 radical (unpaired) electrons. The quantitative estimate of drug-likeness (QED) is 0.895. The molecule has 2 fully saturated rings. The predicted octanol–water partition coefficient (Wildman–Crippen LogP) is 2.77. The molecule has 4 nitrogen and oxygen atoms in total. The number of piperidine rings is 1. The van der Waals surface area contributed by atoms with Crippen LogP contribution in [0.3, 0.4) is 0 Å². The standard InChI is InChI=1S/C18H21N3O/c1-12-3-2-4-13(7-12)14-5-6-21(11-14)18(22)20-17-9-16-8-15(17)10-19-16/h2-7,11,15-17,19H,8-10H2,1H3,(H,20,22). The molecule has 2 bridgehead atoms. The number of benzene rings is 1. The van der Waals surface area contributed by atoms with Crippen molar-refractivity contribution in [2.24, 2.45) is 5.92 Å². The van der Waals surface area contributed by atoms with Crippen LogP contribution in [0.25, 0.3) is 11.1 Å². The Bertz CT molecular complexity index is 706. The van der Waals surface area contributed by atoms with Crippen LogP contribution in [0.2, 0.25) is 0 Å². The summed E-state index contributed by atoms with van der Waals surface area (Å²) >= 11 is 0. The summed E-state index contributed by atoms with van der Waals surface area (Å²) in [4.78, 5) is 12.4. The van der Waals surface area contributed by atoms with Gasteiger partial charge in [-0.25, -0.2) is 4.79 Å². The van der Waals surface area contributed by atoms with E-state index in [1.54, 1.807) is 4.57 Å². The van der Waals surface area contributed by atoms with Crippen molar-refractivity contribution in [2.45, 2.75) is 31.8 Å². The molecule has 3 unspecified atom stereocenters. The Hall–Kier alpha value is -2.07. The van der Waals surface area contributed by atoms with Gasteiger partial charge in [0.25, 0.3) is 0 Å². The molecule has 1 aliphatic carbocycles. The summed E-state index contributed by atoms with van der Waals surface area (Å²) in [5.41, 5.74) is 3.45. The monoisotopic (exact) mass is 295 g/mol. The third-order valence-corrected chi connectivity index (χ3v) is 4.95. The van der Waals surface area contributed by atoms with Crippen LogP contribution >= 0.6 is 0 Å². The van der Waals surface area contributed by atoms with Gasteiger partial charge in [-0.1, -0.05) is 29.8 Å². The number of rotatable bonds is 2. The number of nitrogens with one attached hydrogen (secondary N) is 2. The van der Waals surface area contributed by atoms with Crippen molar-refractivity contribution in [3.63, 3.8) is 0 Å². The van der Waals surface area contributed by atoms with E-state index in [1.165, 1.54) is 12.0 Å². The molecule has 1 amide bonds. The lowest BCUT2D eigenvalue weighted by molar-refractivity contribution is 0.233. The maximum absolute atomic E-state index is 12.4. The van der Waals surface area contributed by atoms with Gasteiger partial charge in [-0.05, 0) is 42.9 Å². The number of aromatic nitrogens is 1. The Labute approximate surface area is 130 Å². The first-order valence-electron chi connectivity index (χ1n) is 7.98. The van der Waals surface area contributed by atoms with E-state index in [9.17, 15) is 4.79 Å². The zero-order chi connectivity index (χ0) is 15.1. The van der Waals surface area contributed by atoms with Crippen LogP contribution in [-0.2, 0) is 0 Å². The minimum absolute atomic E-state index is 0.0172. The number of carbonyl (C=O) groups is 1. The van der Waals surface area contributed by atoms with E-state index in [-0.39, 0.29) is 6.03 Å². The molecular weight excluding hydrogens is 274 g/mol. The van der Waals surface area contributed by atoms with Crippen molar-refractivity contribution >= 4 is 6.03 Å². The van der Waals surface area contributed by atoms with Crippen LogP contribution in [0, 0.1) is 12.8 Å². The van der Waals surface area contributed by atoms with Crippen LogP contribution in [0.1, 0.15) is 18.4 Å². The Kier molecular flexibility index (Phi) is 3.26. The van der Waals surface area contributed by atoms with Crippen LogP contribution in [0.15, 0.2) is 42.7 Å². The van der Waals surface area contributed by atoms with Gasteiger partial charge >= 0.3 is 6.03 Å². The van der Waals surface area contributed by atoms with Gasteiger partial charge in [0, 0.05) is 31.0 Å². The van der Waals surface area contributed by atoms with Crippen molar-refractivity contribution in [2.75, 3.05) is 6.54 Å². The fraction of sp³-hybridized carbons (Fsp3) is 0.389. The van der Waals surface area contributed by atoms with Gasteiger partial charge in [-0.15, -0.1) is 0 Å². The van der Waals surface area contributed by atoms with E-state index in [4.69, 9.17) is 0 Å². The Morgan fingerprint density at radius 2 is 2.18 bits per heavy atom. The molecule has 22 heavy (non-hydrogen) atoms. The molecule has 2 aliphatic rings. The molecule has 4 heteroatoms. The molecule has 1 saturated heterocycles. The molecule has 0 spiro atoms. The summed E-state index contributed by atoms with van der Waals surface area (Å²) in [6, 6.07) is 11.2. The molecular formula is C18H21N3O. The van der Waals surface area contributed by atoms with Crippen LogP contribution < -0.4 is 10.6 Å². The number of nitrogens with zero attached hydrogens (tertiary/aromatic N) is 1. The highest BCUT2D eigenvalue weighted by molar-refractivity contribution is 5.79. The van der Waals surface area contributed by atoms with E-state index in [0.717, 1.165) is 24.1 Å². The van der Waals surface area contributed by atoms with Crippen molar-refractivity contribution in [1.29, 1.82) is 0 Å². The third kappa shape index (κ3) is 2.44.